The molecule has 1 rings (SSSR count). The molecule has 1 aromatic rings. The smallest absolute Gasteiger partial charge is 0.257 e. The summed E-state index contributed by atoms with van der Waals surface area (Å²) in [6.07, 6.45) is 0.451. The fraction of sp³-hybridized carbons (Fsp3) is 0.500. The van der Waals surface area contributed by atoms with E-state index in [1.165, 1.54) is 14.2 Å². The highest BCUT2D eigenvalue weighted by molar-refractivity contribution is 5.24. The standard InChI is InChI=1S/C8H12FN3O2/c1-13-7-6(9)8(14-2)12-5(11-7)3-4-10/h3-4,10H2,1-2H3. The molecule has 1 aromatic heterocycles. The molecule has 0 aliphatic rings. The van der Waals surface area contributed by atoms with E-state index >= 15 is 0 Å². The Morgan fingerprint density at radius 3 is 2.07 bits per heavy atom. The fourth-order valence-electron chi connectivity index (χ4n) is 0.960. The number of halogens is 1. The monoisotopic (exact) mass is 201 g/mol. The molecule has 0 fully saturated rings. The summed E-state index contributed by atoms with van der Waals surface area (Å²) in [5.41, 5.74) is 5.33. The van der Waals surface area contributed by atoms with E-state index in [0.717, 1.165) is 0 Å². The number of ether oxygens (including phenoxy) is 2. The molecule has 0 aromatic carbocycles. The van der Waals surface area contributed by atoms with Crippen molar-refractivity contribution in [1.82, 2.24) is 9.97 Å². The third kappa shape index (κ3) is 2.08. The van der Waals surface area contributed by atoms with E-state index in [9.17, 15) is 4.39 Å². The van der Waals surface area contributed by atoms with E-state index < -0.39 is 5.82 Å². The Kier molecular flexibility index (Phi) is 3.58. The Morgan fingerprint density at radius 1 is 1.21 bits per heavy atom. The maximum atomic E-state index is 13.3. The van der Waals surface area contributed by atoms with Gasteiger partial charge < -0.3 is 15.2 Å². The van der Waals surface area contributed by atoms with E-state index in [-0.39, 0.29) is 11.8 Å². The second-order valence-corrected chi connectivity index (χ2v) is 2.51. The summed E-state index contributed by atoms with van der Waals surface area (Å²) < 4.78 is 22.7. The van der Waals surface area contributed by atoms with Crippen LogP contribution in [0, 0.1) is 5.82 Å². The van der Waals surface area contributed by atoms with E-state index in [4.69, 9.17) is 15.2 Å². The zero-order valence-corrected chi connectivity index (χ0v) is 8.08. The molecule has 0 spiro atoms. The summed E-state index contributed by atoms with van der Waals surface area (Å²) >= 11 is 0. The van der Waals surface area contributed by atoms with Crippen LogP contribution >= 0.6 is 0 Å². The minimum Gasteiger partial charge on any atom is -0.479 e. The van der Waals surface area contributed by atoms with Gasteiger partial charge in [-0.25, -0.2) is 0 Å². The SMILES string of the molecule is COc1nc(CCN)nc(OC)c1F. The summed E-state index contributed by atoms with van der Waals surface area (Å²) in [4.78, 5) is 7.64. The van der Waals surface area contributed by atoms with Crippen molar-refractivity contribution in [2.24, 2.45) is 5.73 Å². The highest BCUT2D eigenvalue weighted by Crippen LogP contribution is 2.21. The number of hydrogen-bond donors (Lipinski definition) is 1. The summed E-state index contributed by atoms with van der Waals surface area (Å²) in [5, 5.41) is 0. The number of hydrogen-bond acceptors (Lipinski definition) is 5. The van der Waals surface area contributed by atoms with Gasteiger partial charge in [-0.15, -0.1) is 0 Å². The molecule has 6 heteroatoms. The van der Waals surface area contributed by atoms with E-state index in [2.05, 4.69) is 9.97 Å². The van der Waals surface area contributed by atoms with Crippen molar-refractivity contribution >= 4 is 0 Å². The number of aromatic nitrogens is 2. The first kappa shape index (κ1) is 10.6. The van der Waals surface area contributed by atoms with Gasteiger partial charge in [-0.3, -0.25) is 0 Å². The molecule has 1 heterocycles. The van der Waals surface area contributed by atoms with E-state index in [1.54, 1.807) is 0 Å². The molecule has 78 valence electrons. The Labute approximate surface area is 81.1 Å². The zero-order chi connectivity index (χ0) is 10.6. The molecule has 14 heavy (non-hydrogen) atoms. The normalized spacial score (nSPS) is 10.0. The average molecular weight is 201 g/mol. The van der Waals surface area contributed by atoms with Crippen LogP contribution in [-0.4, -0.2) is 30.7 Å². The molecule has 0 radical (unpaired) electrons. The molecule has 0 saturated heterocycles. The van der Waals surface area contributed by atoms with Crippen LogP contribution in [0.4, 0.5) is 4.39 Å². The Balaban J connectivity index is 3.11. The fourth-order valence-corrected chi connectivity index (χ4v) is 0.960. The van der Waals surface area contributed by atoms with Crippen molar-refractivity contribution in [3.05, 3.63) is 11.6 Å². The van der Waals surface area contributed by atoms with Crippen LogP contribution in [0.25, 0.3) is 0 Å². The summed E-state index contributed by atoms with van der Waals surface area (Å²) in [5.74, 6) is -0.543. The van der Waals surface area contributed by atoms with Gasteiger partial charge in [0.2, 0.25) is 5.82 Å². The van der Waals surface area contributed by atoms with Gasteiger partial charge in [-0.1, -0.05) is 0 Å². The largest absolute Gasteiger partial charge is 0.479 e. The lowest BCUT2D eigenvalue weighted by atomic mass is 10.4. The van der Waals surface area contributed by atoms with Gasteiger partial charge in [0.1, 0.15) is 5.82 Å². The topological polar surface area (TPSA) is 70.3 Å². The van der Waals surface area contributed by atoms with Crippen LogP contribution in [0.15, 0.2) is 0 Å². The van der Waals surface area contributed by atoms with Gasteiger partial charge in [0.05, 0.1) is 14.2 Å². The van der Waals surface area contributed by atoms with Gasteiger partial charge in [0.25, 0.3) is 11.8 Å². The van der Waals surface area contributed by atoms with E-state index in [0.29, 0.717) is 18.8 Å². The van der Waals surface area contributed by atoms with Gasteiger partial charge in [-0.2, -0.15) is 14.4 Å². The minimum atomic E-state index is -0.698. The van der Waals surface area contributed by atoms with Crippen molar-refractivity contribution in [2.45, 2.75) is 6.42 Å². The predicted octanol–water partition coefficient (Wildman–Crippen LogP) is 0.134. The predicted molar refractivity (Wildman–Crippen MR) is 47.9 cm³/mol. The second-order valence-electron chi connectivity index (χ2n) is 2.51. The van der Waals surface area contributed by atoms with Gasteiger partial charge >= 0.3 is 0 Å². The Hall–Kier alpha value is -1.43. The van der Waals surface area contributed by atoms with Crippen LogP contribution < -0.4 is 15.2 Å². The van der Waals surface area contributed by atoms with Crippen molar-refractivity contribution in [3.63, 3.8) is 0 Å². The third-order valence-corrected chi connectivity index (χ3v) is 1.59. The lowest BCUT2D eigenvalue weighted by molar-refractivity contribution is 0.324. The highest BCUT2D eigenvalue weighted by atomic mass is 19.1. The number of methoxy groups -OCH3 is 2. The maximum absolute atomic E-state index is 13.3. The van der Waals surface area contributed by atoms with Crippen LogP contribution in [-0.2, 0) is 6.42 Å². The van der Waals surface area contributed by atoms with Crippen molar-refractivity contribution in [1.29, 1.82) is 0 Å². The maximum Gasteiger partial charge on any atom is 0.257 e. The molecule has 5 nitrogen and oxygen atoms in total. The average Bonchev–Trinajstić information content (AvgIpc) is 2.20. The highest BCUT2D eigenvalue weighted by Gasteiger charge is 2.14. The zero-order valence-electron chi connectivity index (χ0n) is 8.08. The Morgan fingerprint density at radius 2 is 1.71 bits per heavy atom. The number of rotatable bonds is 4. The molecule has 2 N–H and O–H groups in total. The van der Waals surface area contributed by atoms with Gasteiger partial charge in [-0.05, 0) is 6.54 Å². The van der Waals surface area contributed by atoms with Crippen LogP contribution in [0.2, 0.25) is 0 Å². The van der Waals surface area contributed by atoms with Crippen LogP contribution in [0.3, 0.4) is 0 Å². The number of nitrogens with two attached hydrogens (primary N) is 1. The number of nitrogens with zero attached hydrogens (tertiary/aromatic N) is 2. The van der Waals surface area contributed by atoms with E-state index in [1.807, 2.05) is 0 Å². The molecule has 0 aliphatic heterocycles. The second kappa shape index (κ2) is 4.71. The lowest BCUT2D eigenvalue weighted by Crippen LogP contribution is -2.09. The molecule has 0 atom stereocenters. The summed E-state index contributed by atoms with van der Waals surface area (Å²) in [6.45, 7) is 0.387. The van der Waals surface area contributed by atoms with Crippen LogP contribution in [0.1, 0.15) is 5.82 Å². The summed E-state index contributed by atoms with van der Waals surface area (Å²) in [7, 11) is 2.66. The van der Waals surface area contributed by atoms with Crippen molar-refractivity contribution in [3.8, 4) is 11.8 Å². The molecule has 0 aliphatic carbocycles. The first-order valence-electron chi connectivity index (χ1n) is 4.07. The molecule has 0 unspecified atom stereocenters. The minimum absolute atomic E-state index is 0.125. The first-order valence-corrected chi connectivity index (χ1v) is 4.07. The van der Waals surface area contributed by atoms with Gasteiger partial charge in [0.15, 0.2) is 0 Å². The van der Waals surface area contributed by atoms with Crippen molar-refractivity contribution < 1.29 is 13.9 Å². The van der Waals surface area contributed by atoms with Crippen LogP contribution in [0.5, 0.6) is 11.8 Å². The molecular formula is C8H12FN3O2. The third-order valence-electron chi connectivity index (χ3n) is 1.59. The molecular weight excluding hydrogens is 189 g/mol. The summed E-state index contributed by atoms with van der Waals surface area (Å²) in [6, 6.07) is 0. The Bertz CT molecular complexity index is 294. The molecule has 0 bridgehead atoms. The van der Waals surface area contributed by atoms with Gasteiger partial charge in [0, 0.05) is 6.42 Å². The first-order chi connectivity index (χ1) is 6.72. The molecule has 0 amide bonds. The van der Waals surface area contributed by atoms with Crippen molar-refractivity contribution in [2.75, 3.05) is 20.8 Å². The quantitative estimate of drug-likeness (QED) is 0.750. The molecule has 0 saturated carbocycles. The lowest BCUT2D eigenvalue weighted by Gasteiger charge is -2.06.